The van der Waals surface area contributed by atoms with Crippen LogP contribution in [0, 0.1) is 11.8 Å². The van der Waals surface area contributed by atoms with Gasteiger partial charge in [0.1, 0.15) is 5.75 Å². The molecular formula is C25H32O3. The molecule has 3 heteroatoms. The zero-order valence-corrected chi connectivity index (χ0v) is 17.2. The summed E-state index contributed by atoms with van der Waals surface area (Å²) in [7, 11) is 0. The Balaban J connectivity index is 1.64. The molecule has 2 aliphatic rings. The molecule has 1 aromatic carbocycles. The molecule has 0 radical (unpaired) electrons. The minimum Gasteiger partial charge on any atom is -0.494 e. The molecule has 0 aliphatic heterocycles. The van der Waals surface area contributed by atoms with Gasteiger partial charge in [-0.1, -0.05) is 43.9 Å². The van der Waals surface area contributed by atoms with Gasteiger partial charge in [0.2, 0.25) is 0 Å². The van der Waals surface area contributed by atoms with Gasteiger partial charge in [-0.25, -0.2) is 0 Å². The summed E-state index contributed by atoms with van der Waals surface area (Å²) in [4.78, 5) is 25.3. The number of carbonyl (C=O) groups excluding carboxylic acids is 2. The molecular weight excluding hydrogens is 348 g/mol. The lowest BCUT2D eigenvalue weighted by Gasteiger charge is -2.28. The summed E-state index contributed by atoms with van der Waals surface area (Å²) in [5, 5.41) is 0. The van der Waals surface area contributed by atoms with Gasteiger partial charge in [0.25, 0.3) is 0 Å². The van der Waals surface area contributed by atoms with Gasteiger partial charge >= 0.3 is 0 Å². The molecule has 0 aromatic heterocycles. The smallest absolute Gasteiger partial charge is 0.163 e. The highest BCUT2D eigenvalue weighted by Gasteiger charge is 2.30. The number of allylic oxidation sites excluding steroid dienone is 4. The number of ether oxygens (including phenoxy) is 1. The van der Waals surface area contributed by atoms with Crippen molar-refractivity contribution in [3.63, 3.8) is 0 Å². The fourth-order valence-electron chi connectivity index (χ4n) is 4.37. The van der Waals surface area contributed by atoms with Crippen molar-refractivity contribution >= 4 is 17.1 Å². The van der Waals surface area contributed by atoms with Crippen LogP contribution in [0.3, 0.4) is 0 Å². The average Bonchev–Trinajstić information content (AvgIpc) is 2.70. The Morgan fingerprint density at radius 2 is 1.71 bits per heavy atom. The van der Waals surface area contributed by atoms with Crippen molar-refractivity contribution in [1.29, 1.82) is 0 Å². The Bertz CT molecular complexity index is 755. The zero-order chi connectivity index (χ0) is 19.9. The zero-order valence-electron chi connectivity index (χ0n) is 17.2. The second-order valence-electron chi connectivity index (χ2n) is 7.97. The normalized spacial score (nSPS) is 22.6. The van der Waals surface area contributed by atoms with Crippen LogP contribution in [-0.4, -0.2) is 18.2 Å². The molecule has 0 fully saturated rings. The van der Waals surface area contributed by atoms with Crippen molar-refractivity contribution in [1.82, 2.24) is 0 Å². The van der Waals surface area contributed by atoms with E-state index in [0.717, 1.165) is 61.0 Å². The topological polar surface area (TPSA) is 43.4 Å². The molecule has 2 aliphatic carbocycles. The molecule has 2 atom stereocenters. The number of unbranched alkanes of at least 4 members (excludes halogenated alkanes) is 2. The first kappa shape index (κ1) is 20.6. The van der Waals surface area contributed by atoms with Crippen molar-refractivity contribution in [2.45, 2.75) is 65.2 Å². The molecule has 3 rings (SSSR count). The Morgan fingerprint density at radius 3 is 2.36 bits per heavy atom. The third-order valence-electron chi connectivity index (χ3n) is 6.01. The van der Waals surface area contributed by atoms with Gasteiger partial charge in [-0.3, -0.25) is 9.59 Å². The molecule has 0 bridgehead atoms. The standard InChI is InChI=1S/C25H32O3/c1-3-5-6-7-19-8-9-21(17-24(19)26)23-15-12-20(16-25(23)27)18-10-13-22(14-11-18)28-4-2/h10-11,13-14,16-17,19,23H,3-9,12,15H2,1-2H3. The van der Waals surface area contributed by atoms with E-state index in [-0.39, 0.29) is 23.4 Å². The summed E-state index contributed by atoms with van der Waals surface area (Å²) >= 11 is 0. The van der Waals surface area contributed by atoms with Crippen molar-refractivity contribution in [2.75, 3.05) is 6.61 Å². The first-order valence-electron chi connectivity index (χ1n) is 10.8. The van der Waals surface area contributed by atoms with Crippen LogP contribution >= 0.6 is 0 Å². The average molecular weight is 381 g/mol. The van der Waals surface area contributed by atoms with E-state index in [1.807, 2.05) is 31.2 Å². The van der Waals surface area contributed by atoms with Crippen LogP contribution in [0.25, 0.3) is 5.57 Å². The van der Waals surface area contributed by atoms with Crippen LogP contribution in [0.4, 0.5) is 0 Å². The summed E-state index contributed by atoms with van der Waals surface area (Å²) in [6.07, 6.45) is 11.6. The van der Waals surface area contributed by atoms with E-state index in [1.165, 1.54) is 12.8 Å². The van der Waals surface area contributed by atoms with Crippen molar-refractivity contribution in [3.8, 4) is 5.75 Å². The van der Waals surface area contributed by atoms with E-state index in [2.05, 4.69) is 6.92 Å². The van der Waals surface area contributed by atoms with Gasteiger partial charge < -0.3 is 4.74 Å². The summed E-state index contributed by atoms with van der Waals surface area (Å²) < 4.78 is 5.49. The molecule has 3 nitrogen and oxygen atoms in total. The lowest BCUT2D eigenvalue weighted by Crippen LogP contribution is -2.25. The minimum absolute atomic E-state index is 0.105. The Kier molecular flexibility index (Phi) is 7.24. The van der Waals surface area contributed by atoms with Crippen LogP contribution in [0.2, 0.25) is 0 Å². The minimum atomic E-state index is -0.105. The summed E-state index contributed by atoms with van der Waals surface area (Å²) in [6, 6.07) is 7.96. The molecule has 28 heavy (non-hydrogen) atoms. The highest BCUT2D eigenvalue weighted by Crippen LogP contribution is 2.37. The maximum atomic E-state index is 12.8. The maximum Gasteiger partial charge on any atom is 0.163 e. The van der Waals surface area contributed by atoms with Crippen LogP contribution in [0.1, 0.15) is 70.8 Å². The van der Waals surface area contributed by atoms with E-state index < -0.39 is 0 Å². The lowest BCUT2D eigenvalue weighted by atomic mass is 9.75. The van der Waals surface area contributed by atoms with Crippen LogP contribution in [0.5, 0.6) is 5.75 Å². The summed E-state index contributed by atoms with van der Waals surface area (Å²) in [5.41, 5.74) is 3.23. The number of benzene rings is 1. The number of hydrogen-bond acceptors (Lipinski definition) is 3. The lowest BCUT2D eigenvalue weighted by molar-refractivity contribution is -0.119. The fraction of sp³-hybridized carbons (Fsp3) is 0.520. The van der Waals surface area contributed by atoms with Gasteiger partial charge in [-0.15, -0.1) is 0 Å². The second-order valence-corrected chi connectivity index (χ2v) is 7.97. The molecule has 1 aromatic rings. The molecule has 0 heterocycles. The highest BCUT2D eigenvalue weighted by atomic mass is 16.5. The molecule has 2 unspecified atom stereocenters. The summed E-state index contributed by atoms with van der Waals surface area (Å²) in [5.74, 6) is 1.31. The van der Waals surface area contributed by atoms with Gasteiger partial charge in [0, 0.05) is 11.8 Å². The maximum absolute atomic E-state index is 12.8. The predicted octanol–water partition coefficient (Wildman–Crippen LogP) is 5.93. The van der Waals surface area contributed by atoms with Gasteiger partial charge in [-0.05, 0) is 74.4 Å². The number of ketones is 2. The van der Waals surface area contributed by atoms with Crippen molar-refractivity contribution in [2.24, 2.45) is 11.8 Å². The summed E-state index contributed by atoms with van der Waals surface area (Å²) in [6.45, 7) is 4.80. The Labute approximate surface area is 168 Å². The largest absolute Gasteiger partial charge is 0.494 e. The van der Waals surface area contributed by atoms with E-state index in [1.54, 1.807) is 12.2 Å². The molecule has 150 valence electrons. The number of carbonyl (C=O) groups is 2. The Morgan fingerprint density at radius 1 is 0.929 bits per heavy atom. The van der Waals surface area contributed by atoms with Crippen LogP contribution in [0.15, 0.2) is 42.0 Å². The number of rotatable bonds is 8. The molecule has 0 N–H and O–H groups in total. The predicted molar refractivity (Wildman–Crippen MR) is 113 cm³/mol. The Hall–Kier alpha value is -2.16. The van der Waals surface area contributed by atoms with E-state index >= 15 is 0 Å². The second kappa shape index (κ2) is 9.86. The van der Waals surface area contributed by atoms with Gasteiger partial charge in [0.05, 0.1) is 6.61 Å². The monoisotopic (exact) mass is 380 g/mol. The van der Waals surface area contributed by atoms with Crippen LogP contribution < -0.4 is 4.74 Å². The van der Waals surface area contributed by atoms with Gasteiger partial charge in [0.15, 0.2) is 11.6 Å². The molecule has 0 spiro atoms. The third-order valence-corrected chi connectivity index (χ3v) is 6.01. The fourth-order valence-corrected chi connectivity index (χ4v) is 4.37. The van der Waals surface area contributed by atoms with Crippen molar-refractivity contribution in [3.05, 3.63) is 47.6 Å². The SMILES string of the molecule is CCCCCC1CCC(C2CCC(c3ccc(OCC)cc3)=CC2=O)=CC1=O. The van der Waals surface area contributed by atoms with E-state index in [9.17, 15) is 9.59 Å². The first-order chi connectivity index (χ1) is 13.6. The third kappa shape index (κ3) is 5.01. The molecule has 0 saturated heterocycles. The quantitative estimate of drug-likeness (QED) is 0.525. The van der Waals surface area contributed by atoms with Gasteiger partial charge in [-0.2, -0.15) is 0 Å². The first-order valence-corrected chi connectivity index (χ1v) is 10.8. The van der Waals surface area contributed by atoms with Crippen molar-refractivity contribution < 1.29 is 14.3 Å². The van der Waals surface area contributed by atoms with E-state index in [0.29, 0.717) is 6.61 Å². The van der Waals surface area contributed by atoms with E-state index in [4.69, 9.17) is 4.74 Å². The van der Waals surface area contributed by atoms with Crippen LogP contribution in [-0.2, 0) is 9.59 Å². The molecule has 0 amide bonds. The molecule has 0 saturated carbocycles. The number of hydrogen-bond donors (Lipinski definition) is 0. The highest BCUT2D eigenvalue weighted by molar-refractivity contribution is 6.03.